The maximum Gasteiger partial charge on any atom is 0.307 e. The molecule has 1 aromatic carbocycles. The summed E-state index contributed by atoms with van der Waals surface area (Å²) in [7, 11) is -7.75. The SMILES string of the molecule is CCN(CC)S(=O)(=O)c1cccc(S(=O)(=O)N2CCC[C@@H](C(=O)O)C2)c1. The molecule has 2 rings (SSSR count). The highest BCUT2D eigenvalue weighted by atomic mass is 32.2. The van der Waals surface area contributed by atoms with Crippen molar-refractivity contribution in [2.45, 2.75) is 36.5 Å². The topological polar surface area (TPSA) is 112 Å². The van der Waals surface area contributed by atoms with E-state index in [4.69, 9.17) is 5.11 Å². The Morgan fingerprint density at radius 2 is 1.81 bits per heavy atom. The van der Waals surface area contributed by atoms with Crippen LogP contribution in [0.3, 0.4) is 0 Å². The molecule has 1 heterocycles. The summed E-state index contributed by atoms with van der Waals surface area (Å²) >= 11 is 0. The van der Waals surface area contributed by atoms with Crippen molar-refractivity contribution in [2.75, 3.05) is 26.2 Å². The predicted octanol–water partition coefficient (Wildman–Crippen LogP) is 1.20. The lowest BCUT2D eigenvalue weighted by Gasteiger charge is -2.30. The van der Waals surface area contributed by atoms with Gasteiger partial charge in [-0.1, -0.05) is 19.9 Å². The highest BCUT2D eigenvalue weighted by molar-refractivity contribution is 7.90. The van der Waals surface area contributed by atoms with Gasteiger partial charge in [0.05, 0.1) is 15.7 Å². The fourth-order valence-electron chi connectivity index (χ4n) is 3.02. The molecule has 1 fully saturated rings. The van der Waals surface area contributed by atoms with Gasteiger partial charge in [0.1, 0.15) is 0 Å². The molecule has 0 unspecified atom stereocenters. The van der Waals surface area contributed by atoms with Gasteiger partial charge in [-0.2, -0.15) is 8.61 Å². The molecule has 0 saturated carbocycles. The molecule has 8 nitrogen and oxygen atoms in total. The Morgan fingerprint density at radius 1 is 1.19 bits per heavy atom. The first-order valence-corrected chi connectivity index (χ1v) is 11.4. The Morgan fingerprint density at radius 3 is 2.38 bits per heavy atom. The molecule has 0 bridgehead atoms. The predicted molar refractivity (Wildman–Crippen MR) is 95.7 cm³/mol. The zero-order valence-corrected chi connectivity index (χ0v) is 16.5. The van der Waals surface area contributed by atoms with E-state index in [1.54, 1.807) is 13.8 Å². The number of sulfonamides is 2. The molecule has 1 aliphatic rings. The largest absolute Gasteiger partial charge is 0.481 e. The molecule has 26 heavy (non-hydrogen) atoms. The van der Waals surface area contributed by atoms with Gasteiger partial charge < -0.3 is 5.11 Å². The van der Waals surface area contributed by atoms with Crippen LogP contribution in [0.25, 0.3) is 0 Å². The number of hydrogen-bond acceptors (Lipinski definition) is 5. The minimum Gasteiger partial charge on any atom is -0.481 e. The summed E-state index contributed by atoms with van der Waals surface area (Å²) in [5, 5.41) is 9.15. The van der Waals surface area contributed by atoms with Gasteiger partial charge in [0.15, 0.2) is 0 Å². The number of benzene rings is 1. The Hall–Kier alpha value is -1.49. The molecule has 0 aromatic heterocycles. The monoisotopic (exact) mass is 404 g/mol. The molecule has 0 aliphatic carbocycles. The lowest BCUT2D eigenvalue weighted by atomic mass is 10.0. The summed E-state index contributed by atoms with van der Waals surface area (Å²) in [6.07, 6.45) is 0.880. The van der Waals surface area contributed by atoms with E-state index in [0.717, 1.165) is 10.4 Å². The third kappa shape index (κ3) is 4.08. The summed E-state index contributed by atoms with van der Waals surface area (Å²) in [5.74, 6) is -1.77. The molecule has 1 saturated heterocycles. The average Bonchev–Trinajstić information content (AvgIpc) is 2.62. The van der Waals surface area contributed by atoms with Crippen molar-refractivity contribution < 1.29 is 26.7 Å². The fraction of sp³-hybridized carbons (Fsp3) is 0.562. The van der Waals surface area contributed by atoms with Gasteiger partial charge >= 0.3 is 5.97 Å². The van der Waals surface area contributed by atoms with Crippen LogP contribution in [0, 0.1) is 5.92 Å². The molecule has 1 N–H and O–H groups in total. The van der Waals surface area contributed by atoms with Crippen LogP contribution in [0.15, 0.2) is 34.1 Å². The average molecular weight is 405 g/mol. The van der Waals surface area contributed by atoms with E-state index in [2.05, 4.69) is 0 Å². The molecule has 1 aromatic rings. The van der Waals surface area contributed by atoms with E-state index in [1.807, 2.05) is 0 Å². The number of hydrogen-bond donors (Lipinski definition) is 1. The molecule has 0 amide bonds. The Kier molecular flexibility index (Phi) is 6.43. The summed E-state index contributed by atoms with van der Waals surface area (Å²) in [6.45, 7) is 4.09. The first-order chi connectivity index (χ1) is 12.1. The van der Waals surface area contributed by atoms with E-state index in [9.17, 15) is 21.6 Å². The molecule has 0 spiro atoms. The van der Waals surface area contributed by atoms with Crippen LogP contribution in [0.4, 0.5) is 0 Å². The highest BCUT2D eigenvalue weighted by Gasteiger charge is 2.34. The van der Waals surface area contributed by atoms with Crippen molar-refractivity contribution in [3.05, 3.63) is 24.3 Å². The number of carbonyl (C=O) groups is 1. The van der Waals surface area contributed by atoms with Gasteiger partial charge in [0, 0.05) is 26.2 Å². The van der Waals surface area contributed by atoms with Crippen molar-refractivity contribution in [1.29, 1.82) is 0 Å². The standard InChI is InChI=1S/C16H24N2O6S2/c1-3-17(4-2)25(21,22)14-8-5-9-15(11-14)26(23,24)18-10-6-7-13(12-18)16(19)20/h5,8-9,11,13H,3-4,6-7,10,12H2,1-2H3,(H,19,20)/t13-/m1/s1. The molecule has 1 atom stereocenters. The number of rotatable bonds is 7. The maximum atomic E-state index is 12.9. The normalized spacial score (nSPS) is 19.6. The van der Waals surface area contributed by atoms with E-state index in [1.165, 1.54) is 22.5 Å². The zero-order valence-electron chi connectivity index (χ0n) is 14.8. The molecule has 1 aliphatic heterocycles. The Balaban J connectivity index is 2.38. The smallest absolute Gasteiger partial charge is 0.307 e. The number of piperidine rings is 1. The Labute approximate surface area is 154 Å². The minimum atomic E-state index is -3.96. The second-order valence-corrected chi connectivity index (χ2v) is 9.98. The van der Waals surface area contributed by atoms with Gasteiger partial charge in [0.25, 0.3) is 0 Å². The van der Waals surface area contributed by atoms with Crippen molar-refractivity contribution in [3.63, 3.8) is 0 Å². The van der Waals surface area contributed by atoms with Crippen molar-refractivity contribution >= 4 is 26.0 Å². The number of carboxylic acid groups (broad SMARTS) is 1. The van der Waals surface area contributed by atoms with Crippen LogP contribution in [0.5, 0.6) is 0 Å². The molecular formula is C16H24N2O6S2. The van der Waals surface area contributed by atoms with Crippen LogP contribution >= 0.6 is 0 Å². The van der Waals surface area contributed by atoms with Gasteiger partial charge in [0.2, 0.25) is 20.0 Å². The summed E-state index contributed by atoms with van der Waals surface area (Å²) < 4.78 is 53.4. The van der Waals surface area contributed by atoms with E-state index in [-0.39, 0.29) is 36.0 Å². The molecule has 0 radical (unpaired) electrons. The molecular weight excluding hydrogens is 380 g/mol. The number of carboxylic acids is 1. The van der Waals surface area contributed by atoms with Crippen molar-refractivity contribution in [3.8, 4) is 0 Å². The van der Waals surface area contributed by atoms with Crippen LogP contribution in [-0.2, 0) is 24.8 Å². The zero-order chi connectivity index (χ0) is 19.5. The quantitative estimate of drug-likeness (QED) is 0.731. The Bertz CT molecular complexity index is 862. The summed E-state index contributed by atoms with van der Waals surface area (Å²) in [4.78, 5) is 11.0. The fourth-order valence-corrected chi connectivity index (χ4v) is 6.17. The molecule has 146 valence electrons. The van der Waals surface area contributed by atoms with Crippen LogP contribution < -0.4 is 0 Å². The highest BCUT2D eigenvalue weighted by Crippen LogP contribution is 2.26. The van der Waals surface area contributed by atoms with Gasteiger partial charge in [-0.05, 0) is 31.0 Å². The van der Waals surface area contributed by atoms with Crippen molar-refractivity contribution in [1.82, 2.24) is 8.61 Å². The second-order valence-electron chi connectivity index (χ2n) is 6.10. The van der Waals surface area contributed by atoms with Gasteiger partial charge in [-0.25, -0.2) is 16.8 Å². The van der Waals surface area contributed by atoms with Crippen LogP contribution in [0.1, 0.15) is 26.7 Å². The minimum absolute atomic E-state index is 0.0888. The lowest BCUT2D eigenvalue weighted by molar-refractivity contribution is -0.142. The van der Waals surface area contributed by atoms with E-state index in [0.29, 0.717) is 12.8 Å². The number of nitrogens with zero attached hydrogens (tertiary/aromatic N) is 2. The first-order valence-electron chi connectivity index (χ1n) is 8.47. The van der Waals surface area contributed by atoms with E-state index < -0.39 is 31.9 Å². The first kappa shape index (κ1) is 20.8. The lowest BCUT2D eigenvalue weighted by Crippen LogP contribution is -2.42. The van der Waals surface area contributed by atoms with Gasteiger partial charge in [-0.3, -0.25) is 4.79 Å². The second kappa shape index (κ2) is 8.03. The summed E-state index contributed by atoms with van der Waals surface area (Å²) in [6, 6.07) is 5.24. The van der Waals surface area contributed by atoms with Gasteiger partial charge in [-0.15, -0.1) is 0 Å². The number of aliphatic carboxylic acids is 1. The molecule has 10 heteroatoms. The van der Waals surface area contributed by atoms with Crippen molar-refractivity contribution in [2.24, 2.45) is 5.92 Å². The maximum absolute atomic E-state index is 12.9. The summed E-state index contributed by atoms with van der Waals surface area (Å²) in [5.41, 5.74) is 0. The third-order valence-corrected chi connectivity index (χ3v) is 8.43. The third-order valence-electron chi connectivity index (χ3n) is 4.52. The van der Waals surface area contributed by atoms with Crippen LogP contribution in [-0.4, -0.2) is 62.7 Å². The van der Waals surface area contributed by atoms with E-state index >= 15 is 0 Å². The van der Waals surface area contributed by atoms with Crippen LogP contribution in [0.2, 0.25) is 0 Å².